The van der Waals surface area contributed by atoms with Crippen molar-refractivity contribution in [3.8, 4) is 17.2 Å². The molecule has 3 rings (SSSR count). The first-order valence-electron chi connectivity index (χ1n) is 6.19. The van der Waals surface area contributed by atoms with Crippen LogP contribution in [0.5, 0.6) is 17.2 Å². The first-order chi connectivity index (χ1) is 8.68. The van der Waals surface area contributed by atoms with Gasteiger partial charge in [-0.2, -0.15) is 4.39 Å². The first-order valence-corrected chi connectivity index (χ1v) is 6.19. The van der Waals surface area contributed by atoms with Crippen LogP contribution >= 0.6 is 0 Å². The van der Waals surface area contributed by atoms with Gasteiger partial charge in [0, 0.05) is 17.5 Å². The molecule has 3 N–H and O–H groups in total. The van der Waals surface area contributed by atoms with Crippen molar-refractivity contribution in [2.75, 3.05) is 13.3 Å². The van der Waals surface area contributed by atoms with Gasteiger partial charge in [0.25, 0.3) is 0 Å². The van der Waals surface area contributed by atoms with Gasteiger partial charge in [0.2, 0.25) is 18.4 Å². The molecule has 1 aliphatic carbocycles. The molecular weight excluding hydrogens is 237 g/mol. The van der Waals surface area contributed by atoms with E-state index >= 15 is 0 Å². The number of hydrogen-bond donors (Lipinski definition) is 2. The molecule has 1 aromatic rings. The predicted molar refractivity (Wildman–Crippen MR) is 63.4 cm³/mol. The molecule has 4 nitrogen and oxygen atoms in total. The summed E-state index contributed by atoms with van der Waals surface area (Å²) in [4.78, 5) is 0. The number of ether oxygens (including phenoxy) is 2. The Kier molecular flexibility index (Phi) is 2.59. The Hall–Kier alpha value is -1.49. The van der Waals surface area contributed by atoms with Crippen molar-refractivity contribution in [3.63, 3.8) is 0 Å². The molecule has 0 saturated heterocycles. The summed E-state index contributed by atoms with van der Waals surface area (Å²) in [6.07, 6.45) is 3.84. The number of phenolic OH excluding ortho intramolecular Hbond substituents is 1. The van der Waals surface area contributed by atoms with Gasteiger partial charge in [-0.3, -0.25) is 0 Å². The lowest BCUT2D eigenvalue weighted by molar-refractivity contribution is 0.170. The lowest BCUT2D eigenvalue weighted by Crippen LogP contribution is -2.32. The Bertz CT molecular complexity index is 484. The summed E-state index contributed by atoms with van der Waals surface area (Å²) in [5.41, 5.74) is 6.09. The summed E-state index contributed by atoms with van der Waals surface area (Å²) in [5.74, 6) is -0.715. The van der Waals surface area contributed by atoms with Crippen LogP contribution in [0.3, 0.4) is 0 Å². The molecule has 1 aromatic carbocycles. The minimum absolute atomic E-state index is 0.00131. The van der Waals surface area contributed by atoms with Crippen LogP contribution < -0.4 is 15.2 Å². The summed E-state index contributed by atoms with van der Waals surface area (Å²) in [7, 11) is 0. The van der Waals surface area contributed by atoms with Gasteiger partial charge in [-0.25, -0.2) is 0 Å². The average Bonchev–Trinajstić information content (AvgIpc) is 3.02. The second-order valence-electron chi connectivity index (χ2n) is 5.01. The number of phenols is 1. The second-order valence-corrected chi connectivity index (χ2v) is 5.01. The average molecular weight is 253 g/mol. The Balaban J connectivity index is 2.15. The van der Waals surface area contributed by atoms with E-state index in [4.69, 9.17) is 15.2 Å². The van der Waals surface area contributed by atoms with Crippen molar-refractivity contribution in [1.29, 1.82) is 0 Å². The van der Waals surface area contributed by atoms with Gasteiger partial charge in [-0.1, -0.05) is 12.8 Å². The molecule has 1 fully saturated rings. The second kappa shape index (κ2) is 4.02. The normalized spacial score (nSPS) is 20.3. The molecule has 98 valence electrons. The van der Waals surface area contributed by atoms with E-state index in [-0.39, 0.29) is 23.7 Å². The molecule has 0 bridgehead atoms. The monoisotopic (exact) mass is 253 g/mol. The molecule has 0 amide bonds. The molecule has 0 aromatic heterocycles. The Morgan fingerprint density at radius 3 is 2.72 bits per heavy atom. The van der Waals surface area contributed by atoms with Crippen LogP contribution in [0, 0.1) is 5.82 Å². The van der Waals surface area contributed by atoms with Crippen LogP contribution in [0.15, 0.2) is 6.07 Å². The predicted octanol–water partition coefficient (Wildman–Crippen LogP) is 2.03. The number of hydrogen-bond acceptors (Lipinski definition) is 4. The fraction of sp³-hybridized carbons (Fsp3) is 0.538. The smallest absolute Gasteiger partial charge is 0.231 e. The van der Waals surface area contributed by atoms with Crippen LogP contribution in [0.2, 0.25) is 0 Å². The standard InChI is InChI=1S/C13H16FNO3/c14-10-11(16)8(5-9-12(10)18-7-17-9)13(6-15)3-1-2-4-13/h5,16H,1-4,6-7,15H2. The van der Waals surface area contributed by atoms with Crippen LogP contribution in [-0.4, -0.2) is 18.4 Å². The third kappa shape index (κ3) is 1.47. The highest BCUT2D eigenvalue weighted by Gasteiger charge is 2.39. The third-order valence-corrected chi connectivity index (χ3v) is 4.10. The molecule has 1 heterocycles. The van der Waals surface area contributed by atoms with Crippen LogP contribution in [0.25, 0.3) is 0 Å². The van der Waals surface area contributed by atoms with Crippen LogP contribution in [0.4, 0.5) is 4.39 Å². The van der Waals surface area contributed by atoms with Crippen molar-refractivity contribution in [2.45, 2.75) is 31.1 Å². The Labute approximate surface area is 105 Å². The van der Waals surface area contributed by atoms with Crippen molar-refractivity contribution >= 4 is 0 Å². The van der Waals surface area contributed by atoms with Crippen molar-refractivity contribution in [2.24, 2.45) is 5.73 Å². The highest BCUT2D eigenvalue weighted by molar-refractivity contribution is 5.55. The highest BCUT2D eigenvalue weighted by Crippen LogP contribution is 2.49. The van der Waals surface area contributed by atoms with E-state index in [1.165, 1.54) is 0 Å². The summed E-state index contributed by atoms with van der Waals surface area (Å²) in [6.45, 7) is 0.393. The van der Waals surface area contributed by atoms with Gasteiger partial charge in [0.1, 0.15) is 0 Å². The summed E-state index contributed by atoms with van der Waals surface area (Å²) < 4.78 is 24.2. The quantitative estimate of drug-likeness (QED) is 0.846. The first kappa shape index (κ1) is 11.6. The van der Waals surface area contributed by atoms with Crippen LogP contribution in [-0.2, 0) is 5.41 Å². The van der Waals surface area contributed by atoms with Gasteiger partial charge >= 0.3 is 0 Å². The fourth-order valence-electron chi connectivity index (χ4n) is 3.03. The van der Waals surface area contributed by atoms with E-state index in [9.17, 15) is 9.50 Å². The molecule has 0 spiro atoms. The minimum Gasteiger partial charge on any atom is -0.505 e. The largest absolute Gasteiger partial charge is 0.505 e. The van der Waals surface area contributed by atoms with Crippen LogP contribution in [0.1, 0.15) is 31.2 Å². The van der Waals surface area contributed by atoms with E-state index in [1.807, 2.05) is 0 Å². The maximum Gasteiger partial charge on any atom is 0.231 e. The lowest BCUT2D eigenvalue weighted by Gasteiger charge is -2.28. The van der Waals surface area contributed by atoms with Gasteiger partial charge in [-0.15, -0.1) is 0 Å². The number of aromatic hydroxyl groups is 1. The molecule has 1 saturated carbocycles. The van der Waals surface area contributed by atoms with Gasteiger partial charge in [0.15, 0.2) is 11.5 Å². The highest BCUT2D eigenvalue weighted by atomic mass is 19.1. The molecule has 1 aliphatic heterocycles. The molecule has 0 unspecified atom stereocenters. The SMILES string of the molecule is NCC1(c2cc3c(c(F)c2O)OCO3)CCCC1. The molecule has 0 radical (unpaired) electrons. The van der Waals surface area contributed by atoms with Gasteiger partial charge in [0.05, 0.1) is 0 Å². The van der Waals surface area contributed by atoms with Gasteiger partial charge < -0.3 is 20.3 Å². The molecule has 2 aliphatic rings. The molecule has 18 heavy (non-hydrogen) atoms. The van der Waals surface area contributed by atoms with Crippen molar-refractivity contribution in [3.05, 3.63) is 17.4 Å². The van der Waals surface area contributed by atoms with E-state index in [1.54, 1.807) is 6.07 Å². The number of halogens is 1. The maximum absolute atomic E-state index is 14.0. The van der Waals surface area contributed by atoms with Gasteiger partial charge in [-0.05, 0) is 18.9 Å². The lowest BCUT2D eigenvalue weighted by atomic mass is 9.78. The number of nitrogens with two attached hydrogens (primary N) is 1. The number of fused-ring (bicyclic) bond motifs is 1. The minimum atomic E-state index is -0.736. The topological polar surface area (TPSA) is 64.7 Å². The zero-order valence-electron chi connectivity index (χ0n) is 10.0. The third-order valence-electron chi connectivity index (χ3n) is 4.10. The van der Waals surface area contributed by atoms with E-state index in [0.29, 0.717) is 17.9 Å². The fourth-order valence-corrected chi connectivity index (χ4v) is 3.03. The zero-order valence-corrected chi connectivity index (χ0v) is 10.0. The maximum atomic E-state index is 14.0. The number of benzene rings is 1. The van der Waals surface area contributed by atoms with E-state index < -0.39 is 5.82 Å². The Morgan fingerprint density at radius 1 is 1.33 bits per heavy atom. The zero-order chi connectivity index (χ0) is 12.8. The summed E-state index contributed by atoms with van der Waals surface area (Å²) in [6, 6.07) is 1.68. The van der Waals surface area contributed by atoms with E-state index in [2.05, 4.69) is 0 Å². The van der Waals surface area contributed by atoms with Crippen molar-refractivity contribution < 1.29 is 19.0 Å². The number of rotatable bonds is 2. The Morgan fingerprint density at radius 2 is 2.06 bits per heavy atom. The van der Waals surface area contributed by atoms with Crippen molar-refractivity contribution in [1.82, 2.24) is 0 Å². The molecule has 5 heteroatoms. The summed E-state index contributed by atoms with van der Waals surface area (Å²) in [5, 5.41) is 10.1. The summed E-state index contributed by atoms with van der Waals surface area (Å²) >= 11 is 0. The van der Waals surface area contributed by atoms with E-state index in [0.717, 1.165) is 25.7 Å². The molecule has 0 atom stereocenters. The molecular formula is C13H16FNO3.